The highest BCUT2D eigenvalue weighted by molar-refractivity contribution is 7.93. The van der Waals surface area contributed by atoms with Gasteiger partial charge in [-0.25, -0.2) is 13.4 Å². The topological polar surface area (TPSA) is 99.6 Å². The van der Waals surface area contributed by atoms with Crippen molar-refractivity contribution in [3.05, 3.63) is 113 Å². The first kappa shape index (κ1) is 23.6. The van der Waals surface area contributed by atoms with Gasteiger partial charge in [-0.05, 0) is 35.4 Å². The maximum atomic E-state index is 13.6. The molecule has 4 rings (SSSR count). The van der Waals surface area contributed by atoms with Gasteiger partial charge in [-0.15, -0.1) is 11.3 Å². The number of benzene rings is 3. The molecular formula is C25H23N3O4S2. The number of aromatic nitrogens is 1. The summed E-state index contributed by atoms with van der Waals surface area (Å²) in [4.78, 5) is 19.1. The molecule has 0 fully saturated rings. The third-order valence-electron chi connectivity index (χ3n) is 5.26. The van der Waals surface area contributed by atoms with Crippen LogP contribution in [0, 0.1) is 0 Å². The first-order chi connectivity index (χ1) is 16.5. The molecule has 174 valence electrons. The smallest absolute Gasteiger partial charge is 0.263 e. The molecule has 0 saturated carbocycles. The van der Waals surface area contributed by atoms with Crippen LogP contribution >= 0.6 is 11.3 Å². The molecule has 7 nitrogen and oxygen atoms in total. The van der Waals surface area contributed by atoms with E-state index in [1.807, 2.05) is 60.7 Å². The predicted octanol–water partition coefficient (Wildman–Crippen LogP) is 4.32. The zero-order chi connectivity index (χ0) is 24.0. The van der Waals surface area contributed by atoms with Crippen LogP contribution in [0.3, 0.4) is 0 Å². The molecule has 1 atom stereocenters. The fourth-order valence-electron chi connectivity index (χ4n) is 3.55. The average Bonchev–Trinajstić information content (AvgIpc) is 3.37. The van der Waals surface area contributed by atoms with Gasteiger partial charge < -0.3 is 10.0 Å². The van der Waals surface area contributed by atoms with Gasteiger partial charge >= 0.3 is 0 Å². The van der Waals surface area contributed by atoms with E-state index in [2.05, 4.69) is 9.71 Å². The Morgan fingerprint density at radius 1 is 0.971 bits per heavy atom. The van der Waals surface area contributed by atoms with Crippen molar-refractivity contribution in [2.24, 2.45) is 0 Å². The molecule has 0 aliphatic carbocycles. The molecule has 9 heteroatoms. The summed E-state index contributed by atoms with van der Waals surface area (Å²) in [5.74, 6) is -0.316. The van der Waals surface area contributed by atoms with Crippen LogP contribution in [0.25, 0.3) is 0 Å². The van der Waals surface area contributed by atoms with E-state index in [0.29, 0.717) is 5.56 Å². The van der Waals surface area contributed by atoms with Gasteiger partial charge in [0.1, 0.15) is 0 Å². The summed E-state index contributed by atoms with van der Waals surface area (Å²) in [7, 11) is -3.83. The van der Waals surface area contributed by atoms with E-state index in [-0.39, 0.29) is 29.1 Å². The van der Waals surface area contributed by atoms with Crippen molar-refractivity contribution in [2.45, 2.75) is 17.5 Å². The molecule has 2 N–H and O–H groups in total. The summed E-state index contributed by atoms with van der Waals surface area (Å²) in [6.07, 6.45) is 1.51. The third kappa shape index (κ3) is 5.51. The van der Waals surface area contributed by atoms with Crippen molar-refractivity contribution < 1.29 is 18.3 Å². The number of hydrogen-bond acceptors (Lipinski definition) is 6. The van der Waals surface area contributed by atoms with Crippen molar-refractivity contribution in [3.8, 4) is 0 Å². The standard InChI is InChI=1S/C25H23N3O4S2/c29-18-23(20-9-5-2-6-10-20)28(17-19-7-3-1-4-8-19)24(30)21-11-13-22(14-12-21)34(31,32)27-25-26-15-16-33-25/h1-16,23,29H,17-18H2,(H,26,27)/t23-/m0/s1. The van der Waals surface area contributed by atoms with Crippen molar-refractivity contribution in [3.63, 3.8) is 0 Å². The van der Waals surface area contributed by atoms with E-state index >= 15 is 0 Å². The maximum absolute atomic E-state index is 13.6. The number of nitrogens with one attached hydrogen (secondary N) is 1. The lowest BCUT2D eigenvalue weighted by atomic mass is 10.0. The number of sulfonamides is 1. The number of nitrogens with zero attached hydrogens (tertiary/aromatic N) is 2. The minimum atomic E-state index is -3.83. The lowest BCUT2D eigenvalue weighted by Crippen LogP contribution is -2.36. The van der Waals surface area contributed by atoms with E-state index in [4.69, 9.17) is 0 Å². The van der Waals surface area contributed by atoms with Crippen molar-refractivity contribution >= 4 is 32.4 Å². The number of aliphatic hydroxyl groups is 1. The van der Waals surface area contributed by atoms with Crippen LogP contribution in [0.1, 0.15) is 27.5 Å². The van der Waals surface area contributed by atoms with Gasteiger partial charge in [0.15, 0.2) is 5.13 Å². The lowest BCUT2D eigenvalue weighted by molar-refractivity contribution is 0.0568. The van der Waals surface area contributed by atoms with Crippen LogP contribution in [-0.2, 0) is 16.6 Å². The molecule has 4 aromatic rings. The van der Waals surface area contributed by atoms with Crippen molar-refractivity contribution in [1.82, 2.24) is 9.88 Å². The van der Waals surface area contributed by atoms with E-state index in [1.54, 1.807) is 10.3 Å². The fraction of sp³-hybridized carbons (Fsp3) is 0.120. The maximum Gasteiger partial charge on any atom is 0.263 e. The Morgan fingerprint density at radius 2 is 1.62 bits per heavy atom. The molecule has 0 unspecified atom stereocenters. The normalized spacial score (nSPS) is 12.1. The van der Waals surface area contributed by atoms with E-state index < -0.39 is 16.1 Å². The summed E-state index contributed by atoms with van der Waals surface area (Å²) in [5, 5.41) is 12.1. The first-order valence-corrected chi connectivity index (χ1v) is 12.9. The highest BCUT2D eigenvalue weighted by Gasteiger charge is 2.26. The highest BCUT2D eigenvalue weighted by Crippen LogP contribution is 2.26. The minimum Gasteiger partial charge on any atom is -0.394 e. The molecular weight excluding hydrogens is 470 g/mol. The molecule has 0 saturated heterocycles. The number of amides is 1. The molecule has 0 radical (unpaired) electrons. The molecule has 1 heterocycles. The molecule has 0 aliphatic rings. The summed E-state index contributed by atoms with van der Waals surface area (Å²) < 4.78 is 27.7. The number of carbonyl (C=O) groups excluding carboxylic acids is 1. The van der Waals surface area contributed by atoms with Crippen LogP contribution in [0.4, 0.5) is 5.13 Å². The van der Waals surface area contributed by atoms with Gasteiger partial charge in [-0.3, -0.25) is 9.52 Å². The second kappa shape index (κ2) is 10.6. The SMILES string of the molecule is O=C(c1ccc(S(=O)(=O)Nc2nccs2)cc1)N(Cc1ccccc1)[C@@H](CO)c1ccccc1. The lowest BCUT2D eigenvalue weighted by Gasteiger charge is -2.31. The Labute approximate surface area is 202 Å². The second-order valence-corrected chi connectivity index (χ2v) is 10.1. The van der Waals surface area contributed by atoms with Gasteiger partial charge in [0, 0.05) is 23.7 Å². The number of aliphatic hydroxyl groups excluding tert-OH is 1. The Kier molecular flexibility index (Phi) is 7.36. The largest absolute Gasteiger partial charge is 0.394 e. The van der Waals surface area contributed by atoms with E-state index in [1.165, 1.54) is 41.8 Å². The van der Waals surface area contributed by atoms with Crippen LogP contribution in [0.5, 0.6) is 0 Å². The van der Waals surface area contributed by atoms with Crippen molar-refractivity contribution in [1.29, 1.82) is 0 Å². The predicted molar refractivity (Wildman–Crippen MR) is 132 cm³/mol. The van der Waals surface area contributed by atoms with Crippen molar-refractivity contribution in [2.75, 3.05) is 11.3 Å². The van der Waals surface area contributed by atoms with Gasteiger partial charge in [-0.2, -0.15) is 0 Å². The molecule has 1 amide bonds. The highest BCUT2D eigenvalue weighted by atomic mass is 32.2. The molecule has 0 bridgehead atoms. The Morgan fingerprint density at radius 3 is 2.21 bits per heavy atom. The zero-order valence-corrected chi connectivity index (χ0v) is 19.7. The third-order valence-corrected chi connectivity index (χ3v) is 7.43. The Hall–Kier alpha value is -3.53. The summed E-state index contributed by atoms with van der Waals surface area (Å²) in [5.41, 5.74) is 2.04. The van der Waals surface area contributed by atoms with Gasteiger partial charge in [0.25, 0.3) is 15.9 Å². The second-order valence-electron chi connectivity index (χ2n) is 7.49. The van der Waals surface area contributed by atoms with Crippen LogP contribution in [0.15, 0.2) is 101 Å². The monoisotopic (exact) mass is 493 g/mol. The van der Waals surface area contributed by atoms with Gasteiger partial charge in [0.2, 0.25) is 0 Å². The summed E-state index contributed by atoms with van der Waals surface area (Å²) in [6.45, 7) is 0.0260. The number of carbonyl (C=O) groups is 1. The van der Waals surface area contributed by atoms with Crippen LogP contribution in [0.2, 0.25) is 0 Å². The number of anilines is 1. The van der Waals surface area contributed by atoms with Gasteiger partial charge in [0.05, 0.1) is 17.5 Å². The van der Waals surface area contributed by atoms with Crippen LogP contribution in [-0.4, -0.2) is 35.9 Å². The summed E-state index contributed by atoms with van der Waals surface area (Å²) >= 11 is 1.18. The molecule has 34 heavy (non-hydrogen) atoms. The first-order valence-electron chi connectivity index (χ1n) is 10.5. The van der Waals surface area contributed by atoms with E-state index in [0.717, 1.165) is 11.1 Å². The molecule has 1 aromatic heterocycles. The zero-order valence-electron chi connectivity index (χ0n) is 18.1. The Bertz CT molecular complexity index is 1310. The number of thiazole rings is 1. The summed E-state index contributed by atoms with van der Waals surface area (Å²) in [6, 6.07) is 24.0. The van der Waals surface area contributed by atoms with E-state index in [9.17, 15) is 18.3 Å². The fourth-order valence-corrected chi connectivity index (χ4v) is 5.34. The average molecular weight is 494 g/mol. The number of rotatable bonds is 9. The number of hydrogen-bond donors (Lipinski definition) is 2. The molecule has 0 spiro atoms. The molecule has 3 aromatic carbocycles. The molecule has 0 aliphatic heterocycles. The Balaban J connectivity index is 1.63. The van der Waals surface area contributed by atoms with Crippen LogP contribution < -0.4 is 4.72 Å². The minimum absolute atomic E-state index is 0.0237. The van der Waals surface area contributed by atoms with Gasteiger partial charge in [-0.1, -0.05) is 60.7 Å². The quantitative estimate of drug-likeness (QED) is 0.362.